The van der Waals surface area contributed by atoms with Crippen molar-refractivity contribution in [2.45, 2.75) is 6.92 Å². The zero-order valence-corrected chi connectivity index (χ0v) is 11.3. The molecule has 2 aromatic rings. The van der Waals surface area contributed by atoms with Crippen LogP contribution in [0.1, 0.15) is 21.5 Å². The first-order chi connectivity index (χ1) is 9.54. The third-order valence-corrected chi connectivity index (χ3v) is 3.21. The second-order valence-corrected chi connectivity index (χ2v) is 4.49. The Bertz CT molecular complexity index is 702. The summed E-state index contributed by atoms with van der Waals surface area (Å²) >= 11 is 0. The van der Waals surface area contributed by atoms with Crippen molar-refractivity contribution < 1.29 is 9.90 Å². The number of benzene rings is 2. The van der Waals surface area contributed by atoms with Gasteiger partial charge in [0.15, 0.2) is 0 Å². The minimum Gasteiger partial charge on any atom is -0.478 e. The van der Waals surface area contributed by atoms with E-state index < -0.39 is 5.97 Å². The topological polar surface area (TPSA) is 64.3 Å². The molecule has 0 unspecified atom stereocenters. The Hall–Kier alpha value is -2.80. The summed E-state index contributed by atoms with van der Waals surface area (Å²) in [6, 6.07) is 14.6. The van der Waals surface area contributed by atoms with Crippen LogP contribution in [0.2, 0.25) is 0 Å². The van der Waals surface area contributed by atoms with Crippen molar-refractivity contribution in [2.75, 3.05) is 11.9 Å². The number of rotatable bonds is 3. The molecule has 2 rings (SSSR count). The van der Waals surface area contributed by atoms with Crippen LogP contribution in [0.15, 0.2) is 42.5 Å². The first-order valence-corrected chi connectivity index (χ1v) is 6.11. The maximum absolute atomic E-state index is 11.0. The zero-order valence-electron chi connectivity index (χ0n) is 11.3. The van der Waals surface area contributed by atoms with Gasteiger partial charge >= 0.3 is 5.97 Å². The molecule has 0 saturated carbocycles. The SMILES string of the molecule is Cc1cc(N(C)c2ccccc2C#N)ccc1C(=O)O. The molecule has 0 saturated heterocycles. The standard InChI is InChI=1S/C16H14N2O2/c1-11-9-13(7-8-14(11)16(19)20)18(2)15-6-4-3-5-12(15)10-17/h3-9H,1-2H3,(H,19,20). The van der Waals surface area contributed by atoms with Crippen molar-refractivity contribution in [3.05, 3.63) is 59.2 Å². The first-order valence-electron chi connectivity index (χ1n) is 6.11. The van der Waals surface area contributed by atoms with Crippen LogP contribution in [0.3, 0.4) is 0 Å². The number of para-hydroxylation sites is 1. The number of carboxylic acid groups (broad SMARTS) is 1. The van der Waals surface area contributed by atoms with Crippen LogP contribution in [-0.4, -0.2) is 18.1 Å². The molecule has 0 aliphatic rings. The minimum atomic E-state index is -0.936. The number of nitriles is 1. The van der Waals surface area contributed by atoms with Crippen LogP contribution in [-0.2, 0) is 0 Å². The number of aryl methyl sites for hydroxylation is 1. The maximum Gasteiger partial charge on any atom is 0.335 e. The normalized spacial score (nSPS) is 9.85. The molecule has 0 amide bonds. The van der Waals surface area contributed by atoms with Gasteiger partial charge in [0.1, 0.15) is 6.07 Å². The first kappa shape index (κ1) is 13.6. The van der Waals surface area contributed by atoms with Gasteiger partial charge in [-0.25, -0.2) is 4.79 Å². The van der Waals surface area contributed by atoms with Crippen molar-refractivity contribution in [2.24, 2.45) is 0 Å². The van der Waals surface area contributed by atoms with Gasteiger partial charge < -0.3 is 10.0 Å². The Morgan fingerprint density at radius 2 is 1.95 bits per heavy atom. The number of anilines is 2. The number of carboxylic acids is 1. The summed E-state index contributed by atoms with van der Waals surface area (Å²) in [6.07, 6.45) is 0. The molecule has 0 radical (unpaired) electrons. The van der Waals surface area contributed by atoms with Crippen LogP contribution >= 0.6 is 0 Å². The summed E-state index contributed by atoms with van der Waals surface area (Å²) in [5.74, 6) is -0.936. The molecule has 0 heterocycles. The van der Waals surface area contributed by atoms with E-state index in [0.29, 0.717) is 11.1 Å². The van der Waals surface area contributed by atoms with Crippen molar-refractivity contribution >= 4 is 17.3 Å². The molecule has 2 aromatic carbocycles. The van der Waals surface area contributed by atoms with Crippen LogP contribution < -0.4 is 4.90 Å². The highest BCUT2D eigenvalue weighted by molar-refractivity contribution is 5.90. The predicted molar refractivity (Wildman–Crippen MR) is 77.4 cm³/mol. The average Bonchev–Trinajstić information content (AvgIpc) is 2.45. The summed E-state index contributed by atoms with van der Waals surface area (Å²) in [4.78, 5) is 12.9. The average molecular weight is 266 g/mol. The van der Waals surface area contributed by atoms with E-state index in [1.165, 1.54) is 0 Å². The summed E-state index contributed by atoms with van der Waals surface area (Å²) in [5, 5.41) is 18.2. The van der Waals surface area contributed by atoms with E-state index in [9.17, 15) is 4.79 Å². The molecule has 1 N–H and O–H groups in total. The molecule has 4 heteroatoms. The lowest BCUT2D eigenvalue weighted by molar-refractivity contribution is 0.0696. The van der Waals surface area contributed by atoms with Crippen molar-refractivity contribution in [1.82, 2.24) is 0 Å². The molecule has 0 fully saturated rings. The maximum atomic E-state index is 11.0. The number of aromatic carboxylic acids is 1. The Balaban J connectivity index is 2.44. The van der Waals surface area contributed by atoms with Gasteiger partial charge in [0.2, 0.25) is 0 Å². The van der Waals surface area contributed by atoms with Gasteiger partial charge in [0.25, 0.3) is 0 Å². The van der Waals surface area contributed by atoms with Gasteiger partial charge in [-0.3, -0.25) is 0 Å². The lowest BCUT2D eigenvalue weighted by Crippen LogP contribution is -2.12. The smallest absolute Gasteiger partial charge is 0.335 e. The Kier molecular flexibility index (Phi) is 3.72. The summed E-state index contributed by atoms with van der Waals surface area (Å²) in [5.41, 5.74) is 3.19. The summed E-state index contributed by atoms with van der Waals surface area (Å²) < 4.78 is 0. The Morgan fingerprint density at radius 3 is 2.55 bits per heavy atom. The van der Waals surface area contributed by atoms with E-state index in [2.05, 4.69) is 6.07 Å². The second-order valence-electron chi connectivity index (χ2n) is 4.49. The summed E-state index contributed by atoms with van der Waals surface area (Å²) in [7, 11) is 1.85. The molecule has 0 aromatic heterocycles. The Morgan fingerprint density at radius 1 is 1.25 bits per heavy atom. The molecule has 4 nitrogen and oxygen atoms in total. The van der Waals surface area contributed by atoms with Crippen molar-refractivity contribution in [3.8, 4) is 6.07 Å². The number of carbonyl (C=O) groups is 1. The molecule has 20 heavy (non-hydrogen) atoms. The van der Waals surface area contributed by atoms with E-state index in [1.54, 1.807) is 31.2 Å². The van der Waals surface area contributed by atoms with Crippen LogP contribution in [0.4, 0.5) is 11.4 Å². The zero-order chi connectivity index (χ0) is 14.7. The minimum absolute atomic E-state index is 0.288. The highest BCUT2D eigenvalue weighted by Crippen LogP contribution is 2.28. The fourth-order valence-corrected chi connectivity index (χ4v) is 2.10. The molecule has 100 valence electrons. The highest BCUT2D eigenvalue weighted by atomic mass is 16.4. The van der Waals surface area contributed by atoms with Crippen molar-refractivity contribution in [1.29, 1.82) is 5.26 Å². The third kappa shape index (κ3) is 2.47. The molecule has 0 aliphatic heterocycles. The molecular weight excluding hydrogens is 252 g/mol. The number of nitrogens with zero attached hydrogens (tertiary/aromatic N) is 2. The highest BCUT2D eigenvalue weighted by Gasteiger charge is 2.12. The predicted octanol–water partition coefficient (Wildman–Crippen LogP) is 3.33. The van der Waals surface area contributed by atoms with E-state index in [0.717, 1.165) is 11.4 Å². The van der Waals surface area contributed by atoms with Crippen LogP contribution in [0, 0.1) is 18.3 Å². The van der Waals surface area contributed by atoms with Gasteiger partial charge in [0.05, 0.1) is 16.8 Å². The molecular formula is C16H14N2O2. The van der Waals surface area contributed by atoms with Gasteiger partial charge in [-0.05, 0) is 42.8 Å². The molecule has 0 aliphatic carbocycles. The summed E-state index contributed by atoms with van der Waals surface area (Å²) in [6.45, 7) is 1.76. The molecule has 0 atom stereocenters. The number of hydrogen-bond acceptors (Lipinski definition) is 3. The van der Waals surface area contributed by atoms with E-state index >= 15 is 0 Å². The van der Waals surface area contributed by atoms with E-state index in [4.69, 9.17) is 10.4 Å². The monoisotopic (exact) mass is 266 g/mol. The van der Waals surface area contributed by atoms with Gasteiger partial charge in [-0.1, -0.05) is 12.1 Å². The Labute approximate surface area is 117 Å². The second kappa shape index (κ2) is 5.45. The molecule has 0 spiro atoms. The van der Waals surface area contributed by atoms with Crippen LogP contribution in [0.5, 0.6) is 0 Å². The largest absolute Gasteiger partial charge is 0.478 e. The lowest BCUT2D eigenvalue weighted by atomic mass is 10.1. The lowest BCUT2D eigenvalue weighted by Gasteiger charge is -2.21. The molecule has 0 bridgehead atoms. The van der Waals surface area contributed by atoms with E-state index in [-0.39, 0.29) is 5.56 Å². The quantitative estimate of drug-likeness (QED) is 0.925. The van der Waals surface area contributed by atoms with E-state index in [1.807, 2.05) is 30.1 Å². The fourth-order valence-electron chi connectivity index (χ4n) is 2.10. The van der Waals surface area contributed by atoms with Crippen LogP contribution in [0.25, 0.3) is 0 Å². The van der Waals surface area contributed by atoms with Crippen molar-refractivity contribution in [3.63, 3.8) is 0 Å². The van der Waals surface area contributed by atoms with Gasteiger partial charge in [-0.2, -0.15) is 5.26 Å². The third-order valence-electron chi connectivity index (χ3n) is 3.21. The fraction of sp³-hybridized carbons (Fsp3) is 0.125. The van der Waals surface area contributed by atoms with Gasteiger partial charge in [0, 0.05) is 12.7 Å². The van der Waals surface area contributed by atoms with Gasteiger partial charge in [-0.15, -0.1) is 0 Å². The number of hydrogen-bond donors (Lipinski definition) is 1.